The van der Waals surface area contributed by atoms with Crippen LogP contribution in [0.15, 0.2) is 24.3 Å². The molecule has 1 atom stereocenters. The Morgan fingerprint density at radius 1 is 1.50 bits per heavy atom. The number of hydrogen-bond acceptors (Lipinski definition) is 3. The third-order valence-corrected chi connectivity index (χ3v) is 2.84. The first-order valence-electron chi connectivity index (χ1n) is 5.16. The van der Waals surface area contributed by atoms with Crippen molar-refractivity contribution in [3.05, 3.63) is 35.4 Å². The van der Waals surface area contributed by atoms with Gasteiger partial charge in [-0.3, -0.25) is 0 Å². The van der Waals surface area contributed by atoms with Crippen LogP contribution in [-0.4, -0.2) is 31.4 Å². The average Bonchev–Trinajstić information content (AvgIpc) is 2.23. The molecule has 1 heterocycles. The number of carbonyl (C=O) groups is 1. The molecule has 1 aromatic rings. The fraction of sp³-hybridized carbons (Fsp3) is 0.417. The van der Waals surface area contributed by atoms with Crippen molar-refractivity contribution < 1.29 is 19.4 Å². The molecule has 0 radical (unpaired) electrons. The number of rotatable bonds is 4. The highest BCUT2D eigenvalue weighted by Gasteiger charge is 2.31. The van der Waals surface area contributed by atoms with Gasteiger partial charge in [-0.2, -0.15) is 0 Å². The largest absolute Gasteiger partial charge is 0.478 e. The van der Waals surface area contributed by atoms with Gasteiger partial charge >= 0.3 is 5.97 Å². The monoisotopic (exact) mass is 222 g/mol. The molecule has 1 aliphatic rings. The quantitative estimate of drug-likeness (QED) is 0.842. The second-order valence-corrected chi connectivity index (χ2v) is 3.85. The van der Waals surface area contributed by atoms with E-state index in [9.17, 15) is 4.79 Å². The maximum atomic E-state index is 11.1. The summed E-state index contributed by atoms with van der Waals surface area (Å²) >= 11 is 0. The second-order valence-electron chi connectivity index (χ2n) is 3.85. The highest BCUT2D eigenvalue weighted by atomic mass is 16.5. The number of aromatic carboxylic acids is 1. The van der Waals surface area contributed by atoms with E-state index in [4.69, 9.17) is 14.6 Å². The van der Waals surface area contributed by atoms with E-state index >= 15 is 0 Å². The number of benzene rings is 1. The Balaban J connectivity index is 2.32. The lowest BCUT2D eigenvalue weighted by atomic mass is 9.91. The van der Waals surface area contributed by atoms with Gasteiger partial charge in [-0.25, -0.2) is 4.79 Å². The van der Waals surface area contributed by atoms with Crippen molar-refractivity contribution >= 4 is 5.97 Å². The molecular formula is C12H14O4. The topological polar surface area (TPSA) is 55.8 Å². The fourth-order valence-corrected chi connectivity index (χ4v) is 1.94. The Morgan fingerprint density at radius 2 is 2.19 bits per heavy atom. The highest BCUT2D eigenvalue weighted by Crippen LogP contribution is 2.32. The van der Waals surface area contributed by atoms with Gasteiger partial charge in [0, 0.05) is 13.0 Å². The summed E-state index contributed by atoms with van der Waals surface area (Å²) in [6.07, 6.45) is -0.193. The summed E-state index contributed by atoms with van der Waals surface area (Å²) in [4.78, 5) is 11.1. The van der Waals surface area contributed by atoms with Crippen molar-refractivity contribution in [2.75, 3.05) is 20.3 Å². The molecule has 1 aromatic carbocycles. The van der Waals surface area contributed by atoms with E-state index in [0.717, 1.165) is 5.56 Å². The smallest absolute Gasteiger partial charge is 0.336 e. The van der Waals surface area contributed by atoms with Crippen molar-refractivity contribution in [3.63, 3.8) is 0 Å². The summed E-state index contributed by atoms with van der Waals surface area (Å²) in [6, 6.07) is 6.95. The maximum Gasteiger partial charge on any atom is 0.336 e. The number of hydrogen-bond donors (Lipinski definition) is 1. The Hall–Kier alpha value is -1.39. The number of methoxy groups -OCH3 is 1. The van der Waals surface area contributed by atoms with Crippen molar-refractivity contribution in [1.82, 2.24) is 0 Å². The van der Waals surface area contributed by atoms with E-state index in [-0.39, 0.29) is 12.0 Å². The van der Waals surface area contributed by atoms with Crippen LogP contribution >= 0.6 is 0 Å². The summed E-state index contributed by atoms with van der Waals surface area (Å²) in [5, 5.41) is 9.10. The Kier molecular flexibility index (Phi) is 3.22. The fourth-order valence-electron chi connectivity index (χ4n) is 1.94. The Morgan fingerprint density at radius 3 is 2.69 bits per heavy atom. The van der Waals surface area contributed by atoms with E-state index in [1.165, 1.54) is 0 Å². The lowest BCUT2D eigenvalue weighted by Crippen LogP contribution is -2.34. The van der Waals surface area contributed by atoms with Crippen LogP contribution < -0.4 is 0 Å². The van der Waals surface area contributed by atoms with Crippen molar-refractivity contribution in [1.29, 1.82) is 0 Å². The molecule has 16 heavy (non-hydrogen) atoms. The highest BCUT2D eigenvalue weighted by molar-refractivity contribution is 5.89. The molecule has 1 aliphatic heterocycles. The molecule has 1 saturated heterocycles. The lowest BCUT2D eigenvalue weighted by Gasteiger charge is -2.33. The molecule has 0 amide bonds. The number of ether oxygens (including phenoxy) is 2. The van der Waals surface area contributed by atoms with Gasteiger partial charge < -0.3 is 14.6 Å². The number of carboxylic acid groups (broad SMARTS) is 1. The Bertz CT molecular complexity index is 384. The first kappa shape index (κ1) is 11.1. The third kappa shape index (κ3) is 1.94. The van der Waals surface area contributed by atoms with Crippen molar-refractivity contribution in [2.24, 2.45) is 5.92 Å². The van der Waals surface area contributed by atoms with E-state index < -0.39 is 5.97 Å². The molecule has 0 spiro atoms. The molecule has 4 heteroatoms. The van der Waals surface area contributed by atoms with Gasteiger partial charge in [-0.1, -0.05) is 18.2 Å². The van der Waals surface area contributed by atoms with E-state index in [0.29, 0.717) is 18.8 Å². The molecule has 1 fully saturated rings. The van der Waals surface area contributed by atoms with Gasteiger partial charge in [0.1, 0.15) is 0 Å². The molecule has 0 bridgehead atoms. The number of carboxylic acids is 1. The minimum atomic E-state index is -0.919. The summed E-state index contributed by atoms with van der Waals surface area (Å²) in [6.45, 7) is 1.26. The normalized spacial score (nSPS) is 17.8. The van der Waals surface area contributed by atoms with E-state index in [2.05, 4.69) is 0 Å². The van der Waals surface area contributed by atoms with Crippen LogP contribution in [0.25, 0.3) is 0 Å². The minimum absolute atomic E-state index is 0.193. The molecule has 0 aliphatic carbocycles. The van der Waals surface area contributed by atoms with Gasteiger partial charge in [0.05, 0.1) is 24.9 Å². The molecule has 1 N–H and O–H groups in total. The first-order valence-corrected chi connectivity index (χ1v) is 5.16. The first-order chi connectivity index (χ1) is 7.74. The van der Waals surface area contributed by atoms with Gasteiger partial charge in [0.2, 0.25) is 0 Å². The average molecular weight is 222 g/mol. The third-order valence-electron chi connectivity index (χ3n) is 2.84. The lowest BCUT2D eigenvalue weighted by molar-refractivity contribution is -0.105. The van der Waals surface area contributed by atoms with Gasteiger partial charge in [0.15, 0.2) is 0 Å². The standard InChI is InChI=1S/C12H14O4/c1-15-11(8-6-16-7-8)9-4-2-3-5-10(9)12(13)14/h2-5,8,11H,6-7H2,1H3,(H,13,14). The van der Waals surface area contributed by atoms with Crippen LogP contribution in [0.3, 0.4) is 0 Å². The summed E-state index contributed by atoms with van der Waals surface area (Å²) < 4.78 is 10.5. The van der Waals surface area contributed by atoms with Gasteiger partial charge in [0.25, 0.3) is 0 Å². The van der Waals surface area contributed by atoms with Crippen LogP contribution in [0.1, 0.15) is 22.0 Å². The predicted octanol–water partition coefficient (Wildman–Crippen LogP) is 1.72. The molecule has 2 rings (SSSR count). The molecule has 86 valence electrons. The van der Waals surface area contributed by atoms with E-state index in [1.54, 1.807) is 25.3 Å². The summed E-state index contributed by atoms with van der Waals surface area (Å²) in [7, 11) is 1.60. The van der Waals surface area contributed by atoms with E-state index in [1.807, 2.05) is 6.07 Å². The van der Waals surface area contributed by atoms with Gasteiger partial charge in [-0.05, 0) is 11.6 Å². The SMILES string of the molecule is COC(c1ccccc1C(=O)O)C1COC1. The zero-order chi connectivity index (χ0) is 11.5. The molecule has 1 unspecified atom stereocenters. The van der Waals surface area contributed by atoms with Crippen molar-refractivity contribution in [3.8, 4) is 0 Å². The van der Waals surface area contributed by atoms with Crippen LogP contribution in [-0.2, 0) is 9.47 Å². The molecule has 4 nitrogen and oxygen atoms in total. The van der Waals surface area contributed by atoms with Crippen LogP contribution in [0.2, 0.25) is 0 Å². The zero-order valence-electron chi connectivity index (χ0n) is 9.05. The molecule has 0 saturated carbocycles. The van der Waals surface area contributed by atoms with Crippen LogP contribution in [0, 0.1) is 5.92 Å². The summed E-state index contributed by atoms with van der Waals surface area (Å²) in [5.41, 5.74) is 1.03. The summed E-state index contributed by atoms with van der Waals surface area (Å²) in [5.74, 6) is -0.664. The minimum Gasteiger partial charge on any atom is -0.478 e. The predicted molar refractivity (Wildman–Crippen MR) is 57.5 cm³/mol. The van der Waals surface area contributed by atoms with Crippen LogP contribution in [0.5, 0.6) is 0 Å². The van der Waals surface area contributed by atoms with Crippen molar-refractivity contribution in [2.45, 2.75) is 6.10 Å². The van der Waals surface area contributed by atoms with Crippen LogP contribution in [0.4, 0.5) is 0 Å². The zero-order valence-corrected chi connectivity index (χ0v) is 9.05. The maximum absolute atomic E-state index is 11.1. The molecular weight excluding hydrogens is 208 g/mol. The van der Waals surface area contributed by atoms with Gasteiger partial charge in [-0.15, -0.1) is 0 Å². The Labute approximate surface area is 93.8 Å². The second kappa shape index (κ2) is 4.63. The molecule has 0 aromatic heterocycles.